The Morgan fingerprint density at radius 3 is 2.60 bits per heavy atom. The number of halogens is 3. The Bertz CT molecular complexity index is 568. The van der Waals surface area contributed by atoms with E-state index in [0.29, 0.717) is 16.9 Å². The summed E-state index contributed by atoms with van der Waals surface area (Å²) in [6.45, 7) is 3.27. The summed E-state index contributed by atoms with van der Waals surface area (Å²) in [7, 11) is 0. The second-order valence-electron chi connectivity index (χ2n) is 4.05. The van der Waals surface area contributed by atoms with E-state index in [1.807, 2.05) is 6.92 Å². The zero-order valence-corrected chi connectivity index (χ0v) is 12.3. The highest BCUT2D eigenvalue weighted by Gasteiger charge is 2.14. The SMILES string of the molecule is CCCNCc1nnc(Nc2c(F)cc(Br)cc2F)o1. The first kappa shape index (κ1) is 14.9. The molecule has 0 fully saturated rings. The first-order chi connectivity index (χ1) is 9.60. The van der Waals surface area contributed by atoms with Crippen molar-refractivity contribution in [3.63, 3.8) is 0 Å². The van der Waals surface area contributed by atoms with E-state index in [2.05, 4.69) is 36.8 Å². The number of nitrogens with zero attached hydrogens (tertiary/aromatic N) is 2. The van der Waals surface area contributed by atoms with E-state index >= 15 is 0 Å². The molecule has 0 atom stereocenters. The molecule has 2 N–H and O–H groups in total. The Hall–Kier alpha value is -1.54. The van der Waals surface area contributed by atoms with E-state index in [1.54, 1.807) is 0 Å². The van der Waals surface area contributed by atoms with Crippen LogP contribution < -0.4 is 10.6 Å². The number of benzene rings is 1. The van der Waals surface area contributed by atoms with Gasteiger partial charge in [-0.3, -0.25) is 0 Å². The highest BCUT2D eigenvalue weighted by molar-refractivity contribution is 9.10. The van der Waals surface area contributed by atoms with Gasteiger partial charge in [-0.15, -0.1) is 5.10 Å². The van der Waals surface area contributed by atoms with Crippen LogP contribution in [0, 0.1) is 11.6 Å². The number of anilines is 2. The van der Waals surface area contributed by atoms with Crippen molar-refractivity contribution < 1.29 is 13.2 Å². The van der Waals surface area contributed by atoms with Gasteiger partial charge in [-0.1, -0.05) is 28.0 Å². The van der Waals surface area contributed by atoms with Crippen molar-refractivity contribution in [2.75, 3.05) is 11.9 Å². The van der Waals surface area contributed by atoms with Crippen molar-refractivity contribution in [1.82, 2.24) is 15.5 Å². The van der Waals surface area contributed by atoms with E-state index in [1.165, 1.54) is 0 Å². The number of hydrogen-bond acceptors (Lipinski definition) is 5. The minimum absolute atomic E-state index is 0.0570. The largest absolute Gasteiger partial charge is 0.406 e. The second kappa shape index (κ2) is 6.76. The van der Waals surface area contributed by atoms with Gasteiger partial charge in [0.15, 0.2) is 11.6 Å². The van der Waals surface area contributed by atoms with Crippen LogP contribution in [-0.4, -0.2) is 16.7 Å². The molecule has 0 radical (unpaired) electrons. The zero-order valence-electron chi connectivity index (χ0n) is 10.7. The molecule has 0 aliphatic rings. The predicted octanol–water partition coefficient (Wildman–Crippen LogP) is 3.35. The molecule has 0 bridgehead atoms. The highest BCUT2D eigenvalue weighted by atomic mass is 79.9. The van der Waals surface area contributed by atoms with Crippen LogP contribution in [0.2, 0.25) is 0 Å². The fourth-order valence-corrected chi connectivity index (χ4v) is 1.92. The van der Waals surface area contributed by atoms with E-state index in [-0.39, 0.29) is 11.7 Å². The predicted molar refractivity (Wildman–Crippen MR) is 73.6 cm³/mol. The molecule has 108 valence electrons. The lowest BCUT2D eigenvalue weighted by atomic mass is 10.3. The normalized spacial score (nSPS) is 10.8. The maximum atomic E-state index is 13.6. The van der Waals surface area contributed by atoms with Crippen molar-refractivity contribution in [3.05, 3.63) is 34.1 Å². The van der Waals surface area contributed by atoms with Crippen molar-refractivity contribution in [2.24, 2.45) is 0 Å². The van der Waals surface area contributed by atoms with Crippen molar-refractivity contribution >= 4 is 27.6 Å². The molecule has 0 amide bonds. The minimum Gasteiger partial charge on any atom is -0.406 e. The third-order valence-electron chi connectivity index (χ3n) is 2.41. The lowest BCUT2D eigenvalue weighted by Crippen LogP contribution is -2.13. The molecule has 0 saturated carbocycles. The summed E-state index contributed by atoms with van der Waals surface area (Å²) in [5.74, 6) is -1.15. The van der Waals surface area contributed by atoms with E-state index < -0.39 is 11.6 Å². The number of nitrogens with one attached hydrogen (secondary N) is 2. The second-order valence-corrected chi connectivity index (χ2v) is 4.96. The molecule has 1 heterocycles. The molecule has 8 heteroatoms. The van der Waals surface area contributed by atoms with E-state index in [0.717, 1.165) is 25.1 Å². The fraction of sp³-hybridized carbons (Fsp3) is 0.333. The van der Waals surface area contributed by atoms with Gasteiger partial charge < -0.3 is 15.1 Å². The third kappa shape index (κ3) is 3.73. The van der Waals surface area contributed by atoms with Crippen LogP contribution in [0.3, 0.4) is 0 Å². The molecule has 2 aromatic rings. The minimum atomic E-state index is -0.749. The molecular formula is C12H13BrF2N4O. The van der Waals surface area contributed by atoms with E-state index in [4.69, 9.17) is 4.42 Å². The smallest absolute Gasteiger partial charge is 0.320 e. The van der Waals surface area contributed by atoms with Crippen molar-refractivity contribution in [2.45, 2.75) is 19.9 Å². The summed E-state index contributed by atoms with van der Waals surface area (Å²) in [5.41, 5.74) is -0.329. The summed E-state index contributed by atoms with van der Waals surface area (Å²) < 4.78 is 32.8. The maximum Gasteiger partial charge on any atom is 0.320 e. The van der Waals surface area contributed by atoms with Crippen LogP contribution in [0.5, 0.6) is 0 Å². The topological polar surface area (TPSA) is 63.0 Å². The third-order valence-corrected chi connectivity index (χ3v) is 2.87. The summed E-state index contributed by atoms with van der Waals surface area (Å²) in [4.78, 5) is 0. The van der Waals surface area contributed by atoms with Crippen LogP contribution in [0.4, 0.5) is 20.5 Å². The molecular weight excluding hydrogens is 334 g/mol. The average molecular weight is 347 g/mol. The van der Waals surface area contributed by atoms with Gasteiger partial charge in [0.05, 0.1) is 6.54 Å². The van der Waals surface area contributed by atoms with Gasteiger partial charge in [-0.05, 0) is 25.1 Å². The first-order valence-corrected chi connectivity index (χ1v) is 6.84. The summed E-state index contributed by atoms with van der Waals surface area (Å²) in [6, 6.07) is 2.23. The Morgan fingerprint density at radius 2 is 1.95 bits per heavy atom. The van der Waals surface area contributed by atoms with Crippen LogP contribution in [0.1, 0.15) is 19.2 Å². The summed E-state index contributed by atoms with van der Waals surface area (Å²) >= 11 is 3.00. The van der Waals surface area contributed by atoms with Crippen LogP contribution in [-0.2, 0) is 6.54 Å². The van der Waals surface area contributed by atoms with Crippen molar-refractivity contribution in [3.8, 4) is 0 Å². The lowest BCUT2D eigenvalue weighted by Gasteiger charge is -2.05. The number of hydrogen-bond donors (Lipinski definition) is 2. The first-order valence-electron chi connectivity index (χ1n) is 6.04. The highest BCUT2D eigenvalue weighted by Crippen LogP contribution is 2.26. The van der Waals surface area contributed by atoms with Crippen molar-refractivity contribution in [1.29, 1.82) is 0 Å². The Kier molecular flexibility index (Phi) is 5.02. The monoisotopic (exact) mass is 346 g/mol. The molecule has 0 unspecified atom stereocenters. The molecule has 1 aromatic heterocycles. The summed E-state index contributed by atoms with van der Waals surface area (Å²) in [5, 5.41) is 13.0. The summed E-state index contributed by atoms with van der Waals surface area (Å²) in [6.07, 6.45) is 0.981. The molecule has 1 aromatic carbocycles. The molecule has 20 heavy (non-hydrogen) atoms. The van der Waals surface area contributed by atoms with Gasteiger partial charge in [0.25, 0.3) is 0 Å². The van der Waals surface area contributed by atoms with Gasteiger partial charge in [0.1, 0.15) is 5.69 Å². The molecule has 0 spiro atoms. The van der Waals surface area contributed by atoms with E-state index in [9.17, 15) is 8.78 Å². The molecule has 2 rings (SSSR count). The average Bonchev–Trinajstić information content (AvgIpc) is 2.82. The number of rotatable bonds is 6. The zero-order chi connectivity index (χ0) is 14.5. The van der Waals surface area contributed by atoms with Gasteiger partial charge in [-0.2, -0.15) is 0 Å². The standard InChI is InChI=1S/C12H13BrF2N4O/c1-2-3-16-6-10-18-19-12(20-10)17-11-8(14)4-7(13)5-9(11)15/h4-5,16H,2-3,6H2,1H3,(H,17,19). The van der Waals surface area contributed by atoms with Gasteiger partial charge >= 0.3 is 6.01 Å². The van der Waals surface area contributed by atoms with Crippen LogP contribution in [0.25, 0.3) is 0 Å². The van der Waals surface area contributed by atoms with Gasteiger partial charge in [0, 0.05) is 4.47 Å². The fourth-order valence-electron chi connectivity index (χ4n) is 1.52. The Labute approximate surface area is 122 Å². The number of aromatic nitrogens is 2. The lowest BCUT2D eigenvalue weighted by molar-refractivity contribution is 0.478. The van der Waals surface area contributed by atoms with Gasteiger partial charge in [-0.25, -0.2) is 8.78 Å². The van der Waals surface area contributed by atoms with Crippen LogP contribution >= 0.6 is 15.9 Å². The quantitative estimate of drug-likeness (QED) is 0.785. The van der Waals surface area contributed by atoms with Gasteiger partial charge in [0.2, 0.25) is 5.89 Å². The Balaban J connectivity index is 2.07. The molecule has 5 nitrogen and oxygen atoms in total. The van der Waals surface area contributed by atoms with Crippen LogP contribution in [0.15, 0.2) is 21.0 Å². The molecule has 0 aliphatic heterocycles. The maximum absolute atomic E-state index is 13.6. The molecule has 0 aliphatic carbocycles. The Morgan fingerprint density at radius 1 is 1.25 bits per heavy atom. The molecule has 0 saturated heterocycles.